The number of ether oxygens (including phenoxy) is 1. The monoisotopic (exact) mass is 372 g/mol. The molecule has 1 aliphatic carbocycles. The molecule has 1 saturated carbocycles. The molecular formula is C19H18ClFN4O. The van der Waals surface area contributed by atoms with Gasteiger partial charge in [0.15, 0.2) is 0 Å². The number of hydrogen-bond donors (Lipinski definition) is 2. The summed E-state index contributed by atoms with van der Waals surface area (Å²) in [4.78, 5) is 8.61. The summed E-state index contributed by atoms with van der Waals surface area (Å²) >= 11 is 5.91. The van der Waals surface area contributed by atoms with Crippen LogP contribution in [0, 0.1) is 5.82 Å². The molecule has 4 rings (SSSR count). The SMILES string of the molecule is Nc1nc(-c2ccc(F)c(Cl)c2)c2cc(N)c(OC3CCCC3)cc2n1. The average Bonchev–Trinajstić information content (AvgIpc) is 3.11. The summed E-state index contributed by atoms with van der Waals surface area (Å²) in [5.41, 5.74) is 14.4. The molecule has 0 amide bonds. The first-order valence-electron chi connectivity index (χ1n) is 8.50. The Hall–Kier alpha value is -2.60. The summed E-state index contributed by atoms with van der Waals surface area (Å²) in [5.74, 6) is 0.226. The van der Waals surface area contributed by atoms with E-state index in [-0.39, 0.29) is 17.1 Å². The lowest BCUT2D eigenvalue weighted by atomic mass is 10.1. The fourth-order valence-electron chi connectivity index (χ4n) is 3.34. The molecule has 7 heteroatoms. The highest BCUT2D eigenvalue weighted by Crippen LogP contribution is 2.36. The van der Waals surface area contributed by atoms with Crippen molar-refractivity contribution in [2.75, 3.05) is 11.5 Å². The first kappa shape index (κ1) is 16.8. The summed E-state index contributed by atoms with van der Waals surface area (Å²) in [6.45, 7) is 0. The number of benzene rings is 2. The Balaban J connectivity index is 1.83. The van der Waals surface area contributed by atoms with Crippen molar-refractivity contribution in [3.63, 3.8) is 0 Å². The predicted octanol–water partition coefficient (Wildman–Crippen LogP) is 4.58. The third-order valence-corrected chi connectivity index (χ3v) is 4.92. The Bertz CT molecular complexity index is 989. The Labute approximate surface area is 155 Å². The van der Waals surface area contributed by atoms with Crippen LogP contribution in [-0.4, -0.2) is 16.1 Å². The molecule has 26 heavy (non-hydrogen) atoms. The number of rotatable bonds is 3. The highest BCUT2D eigenvalue weighted by atomic mass is 35.5. The largest absolute Gasteiger partial charge is 0.488 e. The summed E-state index contributed by atoms with van der Waals surface area (Å²) < 4.78 is 19.5. The second-order valence-corrected chi connectivity index (χ2v) is 6.90. The normalized spacial score (nSPS) is 14.8. The van der Waals surface area contributed by atoms with Gasteiger partial charge in [-0.15, -0.1) is 0 Å². The minimum Gasteiger partial charge on any atom is -0.488 e. The molecule has 4 N–H and O–H groups in total. The van der Waals surface area contributed by atoms with Gasteiger partial charge in [0, 0.05) is 17.0 Å². The number of anilines is 2. The number of hydrogen-bond acceptors (Lipinski definition) is 5. The molecule has 0 unspecified atom stereocenters. The van der Waals surface area contributed by atoms with Crippen molar-refractivity contribution in [3.8, 4) is 17.0 Å². The first-order valence-corrected chi connectivity index (χ1v) is 8.88. The van der Waals surface area contributed by atoms with Gasteiger partial charge in [0.05, 0.1) is 28.0 Å². The van der Waals surface area contributed by atoms with E-state index < -0.39 is 5.82 Å². The molecule has 0 saturated heterocycles. The van der Waals surface area contributed by atoms with Crippen LogP contribution in [0.25, 0.3) is 22.2 Å². The van der Waals surface area contributed by atoms with E-state index in [0.717, 1.165) is 12.8 Å². The summed E-state index contributed by atoms with van der Waals surface area (Å²) in [5, 5.41) is 0.722. The van der Waals surface area contributed by atoms with Crippen LogP contribution in [0.2, 0.25) is 5.02 Å². The van der Waals surface area contributed by atoms with Gasteiger partial charge in [0.25, 0.3) is 0 Å². The van der Waals surface area contributed by atoms with Gasteiger partial charge >= 0.3 is 0 Å². The zero-order chi connectivity index (χ0) is 18.3. The zero-order valence-corrected chi connectivity index (χ0v) is 14.8. The fourth-order valence-corrected chi connectivity index (χ4v) is 3.52. The van der Waals surface area contributed by atoms with Crippen LogP contribution < -0.4 is 16.2 Å². The Morgan fingerprint density at radius 3 is 2.58 bits per heavy atom. The molecule has 134 valence electrons. The summed E-state index contributed by atoms with van der Waals surface area (Å²) in [7, 11) is 0. The number of fused-ring (bicyclic) bond motifs is 1. The minimum atomic E-state index is -0.492. The second-order valence-electron chi connectivity index (χ2n) is 6.49. The highest BCUT2D eigenvalue weighted by Gasteiger charge is 2.19. The van der Waals surface area contributed by atoms with Crippen molar-refractivity contribution in [3.05, 3.63) is 41.2 Å². The summed E-state index contributed by atoms with van der Waals surface area (Å²) in [6.07, 6.45) is 4.58. The number of nitrogens with two attached hydrogens (primary N) is 2. The van der Waals surface area contributed by atoms with Crippen molar-refractivity contribution in [2.24, 2.45) is 0 Å². The van der Waals surface area contributed by atoms with Gasteiger partial charge in [-0.05, 0) is 49.9 Å². The van der Waals surface area contributed by atoms with Gasteiger partial charge in [-0.2, -0.15) is 0 Å². The minimum absolute atomic E-state index is 0.0157. The van der Waals surface area contributed by atoms with E-state index in [4.69, 9.17) is 27.8 Å². The maximum atomic E-state index is 13.5. The van der Waals surface area contributed by atoms with Crippen LogP contribution in [0.3, 0.4) is 0 Å². The van der Waals surface area contributed by atoms with E-state index in [1.54, 1.807) is 18.2 Å². The molecule has 3 aromatic rings. The van der Waals surface area contributed by atoms with Crippen molar-refractivity contribution < 1.29 is 9.13 Å². The van der Waals surface area contributed by atoms with Crippen LogP contribution in [-0.2, 0) is 0 Å². The lowest BCUT2D eigenvalue weighted by Crippen LogP contribution is -2.12. The van der Waals surface area contributed by atoms with E-state index in [1.807, 2.05) is 0 Å². The van der Waals surface area contributed by atoms with Gasteiger partial charge in [-0.25, -0.2) is 14.4 Å². The maximum absolute atomic E-state index is 13.5. The van der Waals surface area contributed by atoms with Crippen LogP contribution in [0.4, 0.5) is 16.0 Å². The van der Waals surface area contributed by atoms with Gasteiger partial charge in [0.2, 0.25) is 5.95 Å². The standard InChI is InChI=1S/C19H18ClFN4O/c20-13-7-10(5-6-14(13)21)18-12-8-15(22)17(26-11-3-1-2-4-11)9-16(12)24-19(23)25-18/h5-9,11H,1-4,22H2,(H2,23,24,25). The Morgan fingerprint density at radius 1 is 1.08 bits per heavy atom. The fraction of sp³-hybridized carbons (Fsp3) is 0.263. The lowest BCUT2D eigenvalue weighted by molar-refractivity contribution is 0.211. The molecule has 0 spiro atoms. The number of halogens is 2. The second kappa shape index (κ2) is 6.61. The van der Waals surface area contributed by atoms with E-state index in [2.05, 4.69) is 9.97 Å². The smallest absolute Gasteiger partial charge is 0.221 e. The maximum Gasteiger partial charge on any atom is 0.221 e. The van der Waals surface area contributed by atoms with Crippen molar-refractivity contribution in [2.45, 2.75) is 31.8 Å². The van der Waals surface area contributed by atoms with Gasteiger partial charge < -0.3 is 16.2 Å². The zero-order valence-electron chi connectivity index (χ0n) is 14.0. The predicted molar refractivity (Wildman–Crippen MR) is 102 cm³/mol. The molecule has 1 heterocycles. The van der Waals surface area contributed by atoms with E-state index >= 15 is 0 Å². The average molecular weight is 373 g/mol. The summed E-state index contributed by atoms with van der Waals surface area (Å²) in [6, 6.07) is 7.96. The van der Waals surface area contributed by atoms with Gasteiger partial charge in [0.1, 0.15) is 11.6 Å². The number of aromatic nitrogens is 2. The molecule has 1 aliphatic rings. The van der Waals surface area contributed by atoms with E-state index in [0.29, 0.717) is 33.6 Å². The third kappa shape index (κ3) is 3.12. The van der Waals surface area contributed by atoms with E-state index in [1.165, 1.54) is 25.0 Å². The molecule has 0 radical (unpaired) electrons. The topological polar surface area (TPSA) is 87.0 Å². The van der Waals surface area contributed by atoms with E-state index in [9.17, 15) is 4.39 Å². The lowest BCUT2D eigenvalue weighted by Gasteiger charge is -2.16. The van der Waals surface area contributed by atoms with Crippen LogP contribution in [0.1, 0.15) is 25.7 Å². The molecule has 0 aliphatic heterocycles. The van der Waals surface area contributed by atoms with Gasteiger partial charge in [-0.1, -0.05) is 11.6 Å². The van der Waals surface area contributed by atoms with Gasteiger partial charge in [-0.3, -0.25) is 0 Å². The highest BCUT2D eigenvalue weighted by molar-refractivity contribution is 6.31. The number of nitrogen functional groups attached to an aromatic ring is 2. The number of nitrogens with zero attached hydrogens (tertiary/aromatic N) is 2. The van der Waals surface area contributed by atoms with Crippen molar-refractivity contribution in [1.29, 1.82) is 0 Å². The van der Waals surface area contributed by atoms with Crippen molar-refractivity contribution in [1.82, 2.24) is 9.97 Å². The molecule has 0 atom stereocenters. The molecule has 0 bridgehead atoms. The van der Waals surface area contributed by atoms with Crippen LogP contribution in [0.15, 0.2) is 30.3 Å². The Morgan fingerprint density at radius 2 is 1.85 bits per heavy atom. The third-order valence-electron chi connectivity index (χ3n) is 4.63. The van der Waals surface area contributed by atoms with Crippen molar-refractivity contribution >= 4 is 34.1 Å². The quantitative estimate of drug-likeness (QED) is 0.657. The molecular weight excluding hydrogens is 355 g/mol. The molecule has 1 aromatic heterocycles. The Kier molecular flexibility index (Phi) is 4.28. The van der Waals surface area contributed by atoms with Crippen LogP contribution >= 0.6 is 11.6 Å². The molecule has 2 aromatic carbocycles. The molecule has 5 nitrogen and oxygen atoms in total. The van der Waals surface area contributed by atoms with Crippen LogP contribution in [0.5, 0.6) is 5.75 Å². The molecule has 1 fully saturated rings. The first-order chi connectivity index (χ1) is 12.5.